The Morgan fingerprint density at radius 1 is 1.10 bits per heavy atom. The number of hydrogen-bond acceptors (Lipinski definition) is 4. The Morgan fingerprint density at radius 3 is 2.57 bits per heavy atom. The molecule has 2 aromatic carbocycles. The van der Waals surface area contributed by atoms with Gasteiger partial charge in [0.1, 0.15) is 11.4 Å². The maximum absolute atomic E-state index is 13.6. The highest BCUT2D eigenvalue weighted by Crippen LogP contribution is 2.37. The van der Waals surface area contributed by atoms with Crippen LogP contribution in [0.25, 0.3) is 5.57 Å². The third-order valence-corrected chi connectivity index (χ3v) is 5.80. The summed E-state index contributed by atoms with van der Waals surface area (Å²) in [6.07, 6.45) is 2.13. The Bertz CT molecular complexity index is 1000. The van der Waals surface area contributed by atoms with Gasteiger partial charge in [0.15, 0.2) is 0 Å². The van der Waals surface area contributed by atoms with Gasteiger partial charge in [-0.25, -0.2) is 4.90 Å². The van der Waals surface area contributed by atoms with Crippen LogP contribution >= 0.6 is 11.6 Å². The predicted molar refractivity (Wildman–Crippen MR) is 118 cm³/mol. The molecular formula is C24H25ClN2O3. The second kappa shape index (κ2) is 8.52. The molecule has 4 rings (SSSR count). The van der Waals surface area contributed by atoms with Gasteiger partial charge >= 0.3 is 0 Å². The zero-order chi connectivity index (χ0) is 21.3. The molecule has 2 amide bonds. The Labute approximate surface area is 181 Å². The Balaban J connectivity index is 1.79. The van der Waals surface area contributed by atoms with Crippen molar-refractivity contribution in [2.75, 3.05) is 24.6 Å². The molecule has 2 aliphatic rings. The molecule has 1 atom stereocenters. The number of imide groups is 1. The van der Waals surface area contributed by atoms with Crippen LogP contribution in [0.2, 0.25) is 5.02 Å². The third kappa shape index (κ3) is 3.82. The van der Waals surface area contributed by atoms with Crippen molar-refractivity contribution in [3.8, 4) is 5.75 Å². The van der Waals surface area contributed by atoms with Gasteiger partial charge in [-0.1, -0.05) is 36.7 Å². The second-order valence-corrected chi connectivity index (χ2v) is 8.24. The quantitative estimate of drug-likeness (QED) is 0.649. The number of anilines is 1. The molecule has 5 nitrogen and oxygen atoms in total. The maximum atomic E-state index is 13.6. The summed E-state index contributed by atoms with van der Waals surface area (Å²) in [5.74, 6) is 0.497. The minimum absolute atomic E-state index is 0.285. The second-order valence-electron chi connectivity index (χ2n) is 7.80. The number of nitrogens with zero attached hydrogens (tertiary/aromatic N) is 2. The van der Waals surface area contributed by atoms with E-state index in [1.807, 2.05) is 13.0 Å². The molecule has 1 saturated heterocycles. The molecule has 0 N–H and O–H groups in total. The first kappa shape index (κ1) is 20.5. The van der Waals surface area contributed by atoms with Gasteiger partial charge in [0.25, 0.3) is 11.8 Å². The summed E-state index contributed by atoms with van der Waals surface area (Å²) in [5, 5.41) is 0.588. The van der Waals surface area contributed by atoms with Crippen LogP contribution in [-0.4, -0.2) is 36.4 Å². The third-order valence-electron chi connectivity index (χ3n) is 5.55. The lowest BCUT2D eigenvalue weighted by molar-refractivity contribution is -0.120. The van der Waals surface area contributed by atoms with Crippen LogP contribution < -0.4 is 9.64 Å². The SMILES string of the molecule is CCOc1cccc(N2C(=O)C(c3ccc(Cl)cc3)=C(N3CCCC(C)C3)C2=O)c1. The summed E-state index contributed by atoms with van der Waals surface area (Å²) in [5.41, 5.74) is 2.14. The molecule has 30 heavy (non-hydrogen) atoms. The van der Waals surface area contributed by atoms with Gasteiger partial charge in [-0.2, -0.15) is 0 Å². The van der Waals surface area contributed by atoms with E-state index in [4.69, 9.17) is 16.3 Å². The normalized spacial score (nSPS) is 19.6. The summed E-state index contributed by atoms with van der Waals surface area (Å²) >= 11 is 6.06. The fraction of sp³-hybridized carbons (Fsp3) is 0.333. The van der Waals surface area contributed by atoms with Gasteiger partial charge in [-0.3, -0.25) is 9.59 Å². The van der Waals surface area contributed by atoms with E-state index in [-0.39, 0.29) is 11.8 Å². The minimum Gasteiger partial charge on any atom is -0.494 e. The summed E-state index contributed by atoms with van der Waals surface area (Å²) in [7, 11) is 0. The molecule has 1 unspecified atom stereocenters. The minimum atomic E-state index is -0.316. The first-order valence-electron chi connectivity index (χ1n) is 10.4. The molecule has 0 saturated carbocycles. The zero-order valence-corrected chi connectivity index (χ0v) is 18.0. The van der Waals surface area contributed by atoms with Gasteiger partial charge in [-0.05, 0) is 55.5 Å². The van der Waals surface area contributed by atoms with Crippen LogP contribution in [0.3, 0.4) is 0 Å². The molecule has 2 aromatic rings. The van der Waals surface area contributed by atoms with Crippen molar-refractivity contribution in [3.63, 3.8) is 0 Å². The molecule has 0 bridgehead atoms. The van der Waals surface area contributed by atoms with Crippen molar-refractivity contribution in [2.24, 2.45) is 5.92 Å². The molecule has 0 aliphatic carbocycles. The highest BCUT2D eigenvalue weighted by atomic mass is 35.5. The zero-order valence-electron chi connectivity index (χ0n) is 17.2. The van der Waals surface area contributed by atoms with Gasteiger partial charge in [0, 0.05) is 24.2 Å². The van der Waals surface area contributed by atoms with Crippen LogP contribution in [0.4, 0.5) is 5.69 Å². The number of piperidine rings is 1. The topological polar surface area (TPSA) is 49.9 Å². The average molecular weight is 425 g/mol. The van der Waals surface area contributed by atoms with E-state index >= 15 is 0 Å². The van der Waals surface area contributed by atoms with Crippen molar-refractivity contribution in [1.82, 2.24) is 4.90 Å². The van der Waals surface area contributed by atoms with Crippen LogP contribution in [0.1, 0.15) is 32.3 Å². The lowest BCUT2D eigenvalue weighted by atomic mass is 9.98. The van der Waals surface area contributed by atoms with E-state index in [1.54, 1.807) is 42.5 Å². The molecule has 6 heteroatoms. The van der Waals surface area contributed by atoms with Crippen molar-refractivity contribution < 1.29 is 14.3 Å². The van der Waals surface area contributed by atoms with E-state index in [0.717, 1.165) is 25.9 Å². The number of amides is 2. The van der Waals surface area contributed by atoms with Gasteiger partial charge < -0.3 is 9.64 Å². The standard InChI is InChI=1S/C24H25ClN2O3/c1-3-30-20-8-4-7-19(14-20)27-23(28)21(17-9-11-18(25)12-10-17)22(24(27)29)26-13-5-6-16(2)15-26/h4,7-12,14,16H,3,5-6,13,15H2,1-2H3. The lowest BCUT2D eigenvalue weighted by Gasteiger charge is -2.33. The highest BCUT2D eigenvalue weighted by molar-refractivity contribution is 6.45. The van der Waals surface area contributed by atoms with E-state index in [0.29, 0.717) is 45.8 Å². The predicted octanol–water partition coefficient (Wildman–Crippen LogP) is 4.76. The largest absolute Gasteiger partial charge is 0.494 e. The summed E-state index contributed by atoms with van der Waals surface area (Å²) in [6.45, 7) is 6.12. The summed E-state index contributed by atoms with van der Waals surface area (Å²) in [6, 6.07) is 14.2. The molecule has 0 aromatic heterocycles. The Hall–Kier alpha value is -2.79. The molecular weight excluding hydrogens is 400 g/mol. The number of rotatable bonds is 5. The molecule has 156 valence electrons. The van der Waals surface area contributed by atoms with E-state index in [9.17, 15) is 9.59 Å². The molecule has 2 heterocycles. The fourth-order valence-corrected chi connectivity index (χ4v) is 4.32. The van der Waals surface area contributed by atoms with Crippen molar-refractivity contribution in [3.05, 3.63) is 64.8 Å². The number of halogens is 1. The van der Waals surface area contributed by atoms with Gasteiger partial charge in [-0.15, -0.1) is 0 Å². The van der Waals surface area contributed by atoms with Crippen LogP contribution in [-0.2, 0) is 9.59 Å². The summed E-state index contributed by atoms with van der Waals surface area (Å²) < 4.78 is 5.57. The Kier molecular flexibility index (Phi) is 5.82. The molecule has 0 spiro atoms. The summed E-state index contributed by atoms with van der Waals surface area (Å²) in [4.78, 5) is 30.5. The van der Waals surface area contributed by atoms with Gasteiger partial charge in [0.05, 0.1) is 17.9 Å². The number of likely N-dealkylation sites (tertiary alicyclic amines) is 1. The maximum Gasteiger partial charge on any atom is 0.282 e. The Morgan fingerprint density at radius 2 is 1.87 bits per heavy atom. The van der Waals surface area contributed by atoms with Crippen LogP contribution in [0, 0.1) is 5.92 Å². The highest BCUT2D eigenvalue weighted by Gasteiger charge is 2.43. The van der Waals surface area contributed by atoms with E-state index in [2.05, 4.69) is 11.8 Å². The first-order chi connectivity index (χ1) is 14.5. The number of carbonyl (C=O) groups excluding carboxylic acids is 2. The lowest BCUT2D eigenvalue weighted by Crippen LogP contribution is -2.39. The number of ether oxygens (including phenoxy) is 1. The molecule has 1 fully saturated rings. The smallest absolute Gasteiger partial charge is 0.282 e. The van der Waals surface area contributed by atoms with Crippen LogP contribution in [0.15, 0.2) is 54.2 Å². The number of hydrogen-bond donors (Lipinski definition) is 0. The van der Waals surface area contributed by atoms with Crippen molar-refractivity contribution >= 4 is 34.7 Å². The fourth-order valence-electron chi connectivity index (χ4n) is 4.19. The van der Waals surface area contributed by atoms with Crippen molar-refractivity contribution in [1.29, 1.82) is 0 Å². The first-order valence-corrected chi connectivity index (χ1v) is 10.7. The van der Waals surface area contributed by atoms with Crippen molar-refractivity contribution in [2.45, 2.75) is 26.7 Å². The van der Waals surface area contributed by atoms with Crippen LogP contribution in [0.5, 0.6) is 5.75 Å². The van der Waals surface area contributed by atoms with Gasteiger partial charge in [0.2, 0.25) is 0 Å². The number of benzene rings is 2. The molecule has 0 radical (unpaired) electrons. The van der Waals surface area contributed by atoms with E-state index < -0.39 is 0 Å². The molecule has 2 aliphatic heterocycles. The monoisotopic (exact) mass is 424 g/mol. The average Bonchev–Trinajstić information content (AvgIpc) is 2.99. The number of carbonyl (C=O) groups is 2. The van der Waals surface area contributed by atoms with E-state index in [1.165, 1.54) is 4.90 Å².